The van der Waals surface area contributed by atoms with Crippen molar-refractivity contribution in [2.24, 2.45) is 0 Å². The van der Waals surface area contributed by atoms with Crippen LogP contribution < -0.4 is 10.1 Å². The van der Waals surface area contributed by atoms with E-state index in [1.54, 1.807) is 42.5 Å². The van der Waals surface area contributed by atoms with Crippen LogP contribution in [0.4, 0.5) is 4.79 Å². The number of nitrogens with one attached hydrogen (secondary N) is 1. The first-order chi connectivity index (χ1) is 9.97. The Morgan fingerprint density at radius 2 is 1.52 bits per heavy atom. The summed E-state index contributed by atoms with van der Waals surface area (Å²) >= 11 is 9.89. The number of rotatable bonds is 2. The molecule has 0 unspecified atom stereocenters. The lowest BCUT2D eigenvalue weighted by molar-refractivity contribution is 0.0950. The number of hydrogen-bond donors (Lipinski definition) is 1. The molecule has 0 aliphatic carbocycles. The van der Waals surface area contributed by atoms with Crippen molar-refractivity contribution in [1.82, 2.24) is 5.32 Å². The highest BCUT2D eigenvalue weighted by Gasteiger charge is 2.16. The molecule has 0 heterocycles. The first kappa shape index (κ1) is 16.2. The zero-order chi connectivity index (χ0) is 15.4. The summed E-state index contributed by atoms with van der Waals surface area (Å²) in [6, 6.07) is 11.9. The summed E-state index contributed by atoms with van der Waals surface area (Å²) in [6.07, 6.45) is -0.854. The number of ether oxygens (including phenoxy) is 1. The third-order valence-corrected chi connectivity index (χ3v) is 4.05. The zero-order valence-electron chi connectivity index (χ0n) is 10.4. The summed E-state index contributed by atoms with van der Waals surface area (Å²) < 4.78 is 7.10. The summed E-state index contributed by atoms with van der Waals surface area (Å²) in [7, 11) is 0. The van der Waals surface area contributed by atoms with Crippen LogP contribution >= 0.6 is 47.8 Å². The van der Waals surface area contributed by atoms with Gasteiger partial charge >= 0.3 is 6.09 Å². The maximum Gasteiger partial charge on any atom is 0.419 e. The molecule has 1 N–H and O–H groups in total. The normalized spacial score (nSPS) is 10.0. The Morgan fingerprint density at radius 1 is 0.952 bits per heavy atom. The molecule has 0 radical (unpaired) electrons. The number of amides is 2. The lowest BCUT2D eigenvalue weighted by Crippen LogP contribution is -2.33. The smallest absolute Gasteiger partial charge is 0.408 e. The number of imide groups is 1. The minimum atomic E-state index is -0.854. The van der Waals surface area contributed by atoms with Crippen molar-refractivity contribution in [1.29, 1.82) is 0 Å². The van der Waals surface area contributed by atoms with Gasteiger partial charge < -0.3 is 4.74 Å². The number of halogens is 3. The molecular formula is C14H8Br3NO3. The van der Waals surface area contributed by atoms with Crippen molar-refractivity contribution in [2.45, 2.75) is 0 Å². The van der Waals surface area contributed by atoms with E-state index in [0.717, 1.165) is 4.47 Å². The third kappa shape index (κ3) is 4.39. The van der Waals surface area contributed by atoms with Crippen LogP contribution in [0.15, 0.2) is 55.9 Å². The second-order valence-corrected chi connectivity index (χ2v) is 6.53. The average Bonchev–Trinajstić information content (AvgIpc) is 2.43. The van der Waals surface area contributed by atoms with Gasteiger partial charge in [0.25, 0.3) is 5.91 Å². The van der Waals surface area contributed by atoms with Crippen LogP contribution in [-0.2, 0) is 0 Å². The van der Waals surface area contributed by atoms with Gasteiger partial charge in [0.15, 0.2) is 5.75 Å². The molecule has 4 nitrogen and oxygen atoms in total. The predicted octanol–water partition coefficient (Wildman–Crippen LogP) is 4.90. The molecule has 0 saturated heterocycles. The fourth-order valence-corrected chi connectivity index (χ4v) is 3.92. The molecular weight excluding hydrogens is 470 g/mol. The SMILES string of the molecule is O=C(NC(=O)c1ccccc1)Oc1c(Br)cc(Br)cc1Br. The maximum atomic E-state index is 11.8. The number of carbonyl (C=O) groups excluding carboxylic acids is 2. The highest BCUT2D eigenvalue weighted by molar-refractivity contribution is 9.11. The second kappa shape index (κ2) is 7.20. The summed E-state index contributed by atoms with van der Waals surface area (Å²) in [5, 5.41) is 2.16. The molecule has 108 valence electrons. The largest absolute Gasteiger partial charge is 0.419 e. The lowest BCUT2D eigenvalue weighted by Gasteiger charge is -2.09. The quantitative estimate of drug-likeness (QED) is 0.669. The Kier molecular flexibility index (Phi) is 5.55. The van der Waals surface area contributed by atoms with Gasteiger partial charge in [0.05, 0.1) is 8.95 Å². The van der Waals surface area contributed by atoms with Crippen molar-refractivity contribution in [3.05, 3.63) is 61.4 Å². The number of hydrogen-bond acceptors (Lipinski definition) is 3. The van der Waals surface area contributed by atoms with Crippen molar-refractivity contribution >= 4 is 59.8 Å². The van der Waals surface area contributed by atoms with Gasteiger partial charge in [0.2, 0.25) is 0 Å². The van der Waals surface area contributed by atoms with Crippen LogP contribution in [0.5, 0.6) is 5.75 Å². The molecule has 0 bridgehead atoms. The van der Waals surface area contributed by atoms with Gasteiger partial charge in [0.1, 0.15) is 0 Å². The zero-order valence-corrected chi connectivity index (χ0v) is 15.2. The summed E-state index contributed by atoms with van der Waals surface area (Å²) in [6.45, 7) is 0. The standard InChI is InChI=1S/C14H8Br3NO3/c15-9-6-10(16)12(11(17)7-9)21-14(20)18-13(19)8-4-2-1-3-5-8/h1-7H,(H,18,19,20). The lowest BCUT2D eigenvalue weighted by atomic mass is 10.2. The first-order valence-electron chi connectivity index (χ1n) is 5.70. The van der Waals surface area contributed by atoms with E-state index in [1.165, 1.54) is 0 Å². The van der Waals surface area contributed by atoms with E-state index in [1.807, 2.05) is 0 Å². The Labute approximate surface area is 146 Å². The van der Waals surface area contributed by atoms with Crippen LogP contribution in [0.2, 0.25) is 0 Å². The second-order valence-electron chi connectivity index (χ2n) is 3.91. The Balaban J connectivity index is 2.08. The fourth-order valence-electron chi connectivity index (χ4n) is 1.50. The Hall–Kier alpha value is -1.18. The molecule has 2 amide bonds. The topological polar surface area (TPSA) is 55.4 Å². The highest BCUT2D eigenvalue weighted by Crippen LogP contribution is 2.36. The Bertz CT molecular complexity index is 666. The summed E-state index contributed by atoms with van der Waals surface area (Å²) in [5.74, 6) is -0.235. The van der Waals surface area contributed by atoms with Gasteiger partial charge in [-0.1, -0.05) is 34.1 Å². The number of benzene rings is 2. The van der Waals surface area contributed by atoms with Crippen molar-refractivity contribution in [2.75, 3.05) is 0 Å². The molecule has 0 spiro atoms. The molecule has 0 aromatic heterocycles. The van der Waals surface area contributed by atoms with E-state index in [2.05, 4.69) is 53.1 Å². The monoisotopic (exact) mass is 475 g/mol. The molecule has 0 fully saturated rings. The van der Waals surface area contributed by atoms with Gasteiger partial charge in [-0.3, -0.25) is 10.1 Å². The molecule has 0 atom stereocenters. The first-order valence-corrected chi connectivity index (χ1v) is 8.08. The molecule has 21 heavy (non-hydrogen) atoms. The third-order valence-electron chi connectivity index (χ3n) is 2.41. The van der Waals surface area contributed by atoms with Crippen LogP contribution in [0.3, 0.4) is 0 Å². The highest BCUT2D eigenvalue weighted by atomic mass is 79.9. The van der Waals surface area contributed by atoms with Gasteiger partial charge in [-0.2, -0.15) is 0 Å². The van der Waals surface area contributed by atoms with E-state index in [0.29, 0.717) is 14.5 Å². The molecule has 7 heteroatoms. The molecule has 0 aliphatic heterocycles. The minimum absolute atomic E-state index is 0.288. The van der Waals surface area contributed by atoms with E-state index in [9.17, 15) is 9.59 Å². The van der Waals surface area contributed by atoms with Gasteiger partial charge in [0, 0.05) is 10.0 Å². The predicted molar refractivity (Wildman–Crippen MR) is 89.5 cm³/mol. The van der Waals surface area contributed by atoms with E-state index >= 15 is 0 Å². The molecule has 2 aromatic rings. The van der Waals surface area contributed by atoms with E-state index in [-0.39, 0.29) is 5.75 Å². The van der Waals surface area contributed by atoms with Gasteiger partial charge in [-0.05, 0) is 56.1 Å². The van der Waals surface area contributed by atoms with Crippen LogP contribution in [-0.4, -0.2) is 12.0 Å². The average molecular weight is 478 g/mol. The van der Waals surface area contributed by atoms with Crippen molar-refractivity contribution < 1.29 is 14.3 Å². The van der Waals surface area contributed by atoms with Gasteiger partial charge in [-0.15, -0.1) is 0 Å². The maximum absolute atomic E-state index is 11.8. The molecule has 2 rings (SSSR count). The molecule has 2 aromatic carbocycles. The van der Waals surface area contributed by atoms with E-state index < -0.39 is 12.0 Å². The van der Waals surface area contributed by atoms with Gasteiger partial charge in [-0.25, -0.2) is 4.79 Å². The van der Waals surface area contributed by atoms with E-state index in [4.69, 9.17) is 4.74 Å². The van der Waals surface area contributed by atoms with Crippen LogP contribution in [0.1, 0.15) is 10.4 Å². The van der Waals surface area contributed by atoms with Crippen molar-refractivity contribution in [3.63, 3.8) is 0 Å². The molecule has 0 saturated carbocycles. The summed E-state index contributed by atoms with van der Waals surface area (Å²) in [4.78, 5) is 23.6. The molecule has 0 aliphatic rings. The van der Waals surface area contributed by atoms with Crippen LogP contribution in [0, 0.1) is 0 Å². The number of carbonyl (C=O) groups is 2. The Morgan fingerprint density at radius 3 is 2.10 bits per heavy atom. The van der Waals surface area contributed by atoms with Crippen molar-refractivity contribution in [3.8, 4) is 5.75 Å². The van der Waals surface area contributed by atoms with Crippen LogP contribution in [0.25, 0.3) is 0 Å². The fraction of sp³-hybridized carbons (Fsp3) is 0. The minimum Gasteiger partial charge on any atom is -0.408 e. The summed E-state index contributed by atoms with van der Waals surface area (Å²) in [5.41, 5.74) is 0.378.